The Labute approximate surface area is 142 Å². The maximum Gasteiger partial charge on any atom is 0.259 e. The lowest BCUT2D eigenvalue weighted by atomic mass is 10.2. The van der Waals surface area contributed by atoms with Gasteiger partial charge in [0.2, 0.25) is 0 Å². The topological polar surface area (TPSA) is 60.1 Å². The van der Waals surface area contributed by atoms with Gasteiger partial charge in [-0.25, -0.2) is 0 Å². The summed E-state index contributed by atoms with van der Waals surface area (Å²) >= 11 is 12.0. The number of amides is 1. The highest BCUT2D eigenvalue weighted by atomic mass is 35.5. The molecule has 0 fully saturated rings. The summed E-state index contributed by atoms with van der Waals surface area (Å²) in [5.41, 5.74) is 1.99. The van der Waals surface area contributed by atoms with Crippen LogP contribution in [0.2, 0.25) is 10.0 Å². The number of hydrogen-bond donors (Lipinski definition) is 1. The second-order valence-corrected chi connectivity index (χ2v) is 5.85. The zero-order valence-electron chi connectivity index (χ0n) is 12.2. The zero-order chi connectivity index (χ0) is 16.4. The Balaban J connectivity index is 1.71. The molecule has 0 unspecified atom stereocenters. The minimum absolute atomic E-state index is 0.236. The molecule has 0 radical (unpaired) electrons. The van der Waals surface area contributed by atoms with Crippen LogP contribution < -0.4 is 5.32 Å². The van der Waals surface area contributed by atoms with Gasteiger partial charge in [-0.05, 0) is 30.7 Å². The zero-order valence-corrected chi connectivity index (χ0v) is 13.7. The lowest BCUT2D eigenvalue weighted by Crippen LogP contribution is -2.11. The molecule has 0 atom stereocenters. The van der Waals surface area contributed by atoms with Crippen molar-refractivity contribution in [2.75, 3.05) is 5.32 Å². The minimum Gasteiger partial charge on any atom is -0.469 e. The summed E-state index contributed by atoms with van der Waals surface area (Å²) in [6.07, 6.45) is 4.80. The highest BCUT2D eigenvalue weighted by molar-refractivity contribution is 6.35. The van der Waals surface area contributed by atoms with E-state index in [0.717, 1.165) is 5.56 Å². The van der Waals surface area contributed by atoms with E-state index >= 15 is 0 Å². The van der Waals surface area contributed by atoms with E-state index in [9.17, 15) is 4.79 Å². The van der Waals surface area contributed by atoms with Crippen LogP contribution in [0, 0.1) is 6.92 Å². The molecule has 0 bridgehead atoms. The number of rotatable bonds is 4. The lowest BCUT2D eigenvalue weighted by Gasteiger charge is -2.05. The Kier molecular flexibility index (Phi) is 4.41. The fourth-order valence-corrected chi connectivity index (χ4v) is 2.63. The number of aromatic nitrogens is 2. The van der Waals surface area contributed by atoms with Gasteiger partial charge in [-0.15, -0.1) is 0 Å². The summed E-state index contributed by atoms with van der Waals surface area (Å²) in [4.78, 5) is 12.1. The van der Waals surface area contributed by atoms with Crippen LogP contribution in [0.25, 0.3) is 0 Å². The fourth-order valence-electron chi connectivity index (χ4n) is 2.16. The van der Waals surface area contributed by atoms with E-state index in [4.69, 9.17) is 27.6 Å². The molecule has 0 saturated carbocycles. The first-order chi connectivity index (χ1) is 11.0. The largest absolute Gasteiger partial charge is 0.469 e. The molecule has 0 aliphatic rings. The van der Waals surface area contributed by atoms with Gasteiger partial charge in [0, 0.05) is 16.2 Å². The molecule has 118 valence electrons. The van der Waals surface area contributed by atoms with Crippen LogP contribution in [0.5, 0.6) is 0 Å². The summed E-state index contributed by atoms with van der Waals surface area (Å²) in [6.45, 7) is 2.22. The summed E-state index contributed by atoms with van der Waals surface area (Å²) in [6, 6.07) is 6.94. The number of aryl methyl sites for hydroxylation is 1. The van der Waals surface area contributed by atoms with E-state index in [0.29, 0.717) is 33.6 Å². The van der Waals surface area contributed by atoms with Crippen molar-refractivity contribution in [3.63, 3.8) is 0 Å². The fraction of sp³-hybridized carbons (Fsp3) is 0.125. The van der Waals surface area contributed by atoms with Gasteiger partial charge in [-0.2, -0.15) is 5.10 Å². The number of halogens is 2. The van der Waals surface area contributed by atoms with Crippen molar-refractivity contribution < 1.29 is 9.21 Å². The molecule has 0 aliphatic heterocycles. The maximum absolute atomic E-state index is 12.1. The quantitative estimate of drug-likeness (QED) is 0.759. The van der Waals surface area contributed by atoms with E-state index in [-0.39, 0.29) is 5.91 Å². The molecular weight excluding hydrogens is 337 g/mol. The van der Waals surface area contributed by atoms with Crippen molar-refractivity contribution in [1.29, 1.82) is 0 Å². The van der Waals surface area contributed by atoms with Gasteiger partial charge in [-0.3, -0.25) is 9.48 Å². The van der Waals surface area contributed by atoms with Gasteiger partial charge in [0.15, 0.2) is 0 Å². The van der Waals surface area contributed by atoms with E-state index in [2.05, 4.69) is 10.4 Å². The molecule has 3 rings (SSSR count). The molecule has 1 amide bonds. The van der Waals surface area contributed by atoms with Crippen molar-refractivity contribution in [3.8, 4) is 0 Å². The van der Waals surface area contributed by atoms with Crippen LogP contribution in [0.4, 0.5) is 5.69 Å². The molecule has 0 aliphatic carbocycles. The van der Waals surface area contributed by atoms with Crippen molar-refractivity contribution in [3.05, 3.63) is 69.9 Å². The summed E-state index contributed by atoms with van der Waals surface area (Å²) in [7, 11) is 0. The third-order valence-corrected chi connectivity index (χ3v) is 3.93. The van der Waals surface area contributed by atoms with Gasteiger partial charge >= 0.3 is 0 Å². The number of anilines is 1. The van der Waals surface area contributed by atoms with Crippen molar-refractivity contribution in [1.82, 2.24) is 9.78 Å². The van der Waals surface area contributed by atoms with Gasteiger partial charge in [0.05, 0.1) is 30.3 Å². The van der Waals surface area contributed by atoms with E-state index in [1.807, 2.05) is 6.07 Å². The van der Waals surface area contributed by atoms with E-state index < -0.39 is 0 Å². The summed E-state index contributed by atoms with van der Waals surface area (Å²) in [5, 5.41) is 8.16. The number of benzene rings is 1. The monoisotopic (exact) mass is 349 g/mol. The maximum atomic E-state index is 12.1. The van der Waals surface area contributed by atoms with Gasteiger partial charge in [0.1, 0.15) is 5.76 Å². The number of furan rings is 1. The van der Waals surface area contributed by atoms with Gasteiger partial charge in [-0.1, -0.05) is 29.3 Å². The Hall–Kier alpha value is -2.24. The number of carbonyl (C=O) groups is 1. The Morgan fingerprint density at radius 2 is 2.17 bits per heavy atom. The second kappa shape index (κ2) is 6.48. The first-order valence-corrected chi connectivity index (χ1v) is 7.60. The molecule has 7 heteroatoms. The first-order valence-electron chi connectivity index (χ1n) is 6.85. The van der Waals surface area contributed by atoms with E-state index in [1.54, 1.807) is 42.2 Å². The van der Waals surface area contributed by atoms with Crippen molar-refractivity contribution in [2.45, 2.75) is 13.5 Å². The molecule has 0 spiro atoms. The predicted molar refractivity (Wildman–Crippen MR) is 89.2 cm³/mol. The molecule has 1 N–H and O–H groups in total. The Bertz CT molecular complexity index is 855. The standard InChI is InChI=1S/C16H13Cl2N3O2/c1-10-14(4-5-23-10)16(22)20-13-7-19-21(9-13)8-11-2-3-12(17)6-15(11)18/h2-7,9H,8H2,1H3,(H,20,22). The number of hydrogen-bond acceptors (Lipinski definition) is 3. The third-order valence-electron chi connectivity index (χ3n) is 3.34. The summed E-state index contributed by atoms with van der Waals surface area (Å²) < 4.78 is 6.81. The van der Waals surface area contributed by atoms with Crippen LogP contribution in [0.15, 0.2) is 47.3 Å². The van der Waals surface area contributed by atoms with E-state index in [1.165, 1.54) is 6.26 Å². The number of carbonyl (C=O) groups excluding carboxylic acids is 1. The van der Waals surface area contributed by atoms with Crippen LogP contribution in [0.1, 0.15) is 21.7 Å². The van der Waals surface area contributed by atoms with Crippen LogP contribution in [-0.2, 0) is 6.54 Å². The Morgan fingerprint density at radius 1 is 1.35 bits per heavy atom. The Morgan fingerprint density at radius 3 is 2.87 bits per heavy atom. The van der Waals surface area contributed by atoms with Crippen molar-refractivity contribution in [2.24, 2.45) is 0 Å². The minimum atomic E-state index is -0.236. The van der Waals surface area contributed by atoms with Crippen molar-refractivity contribution >= 4 is 34.8 Å². The molecule has 2 aromatic heterocycles. The number of nitrogens with zero attached hydrogens (tertiary/aromatic N) is 2. The normalized spacial score (nSPS) is 10.7. The lowest BCUT2D eigenvalue weighted by molar-refractivity contribution is 0.102. The molecule has 5 nitrogen and oxygen atoms in total. The summed E-state index contributed by atoms with van der Waals surface area (Å²) in [5.74, 6) is 0.336. The predicted octanol–water partition coefficient (Wildman–Crippen LogP) is 4.39. The number of nitrogens with one attached hydrogen (secondary N) is 1. The second-order valence-electron chi connectivity index (χ2n) is 5.01. The van der Waals surface area contributed by atoms with Crippen LogP contribution >= 0.6 is 23.2 Å². The van der Waals surface area contributed by atoms with Crippen LogP contribution in [0.3, 0.4) is 0 Å². The molecule has 0 saturated heterocycles. The third kappa shape index (κ3) is 3.57. The molecular formula is C16H13Cl2N3O2. The van der Waals surface area contributed by atoms with Gasteiger partial charge in [0.25, 0.3) is 5.91 Å². The van der Waals surface area contributed by atoms with Crippen LogP contribution in [-0.4, -0.2) is 15.7 Å². The first kappa shape index (κ1) is 15.6. The highest BCUT2D eigenvalue weighted by Crippen LogP contribution is 2.22. The smallest absolute Gasteiger partial charge is 0.259 e. The van der Waals surface area contributed by atoms with Gasteiger partial charge < -0.3 is 9.73 Å². The highest BCUT2D eigenvalue weighted by Gasteiger charge is 2.12. The average Bonchev–Trinajstić information content (AvgIpc) is 3.11. The average molecular weight is 350 g/mol. The SMILES string of the molecule is Cc1occc1C(=O)Nc1cnn(Cc2ccc(Cl)cc2Cl)c1. The molecule has 2 heterocycles. The molecule has 3 aromatic rings. The molecule has 23 heavy (non-hydrogen) atoms. The molecule has 1 aromatic carbocycles.